The summed E-state index contributed by atoms with van der Waals surface area (Å²) in [6.07, 6.45) is 3.62. The Morgan fingerprint density at radius 1 is 1.17 bits per heavy atom. The Kier molecular flexibility index (Phi) is 6.00. The number of non-ortho nitro benzene ring substituents is 1. The molecule has 120 valence electrons. The first kappa shape index (κ1) is 17.3. The van der Waals surface area contributed by atoms with E-state index in [0.29, 0.717) is 9.80 Å². The van der Waals surface area contributed by atoms with E-state index in [9.17, 15) is 24.8 Å². The van der Waals surface area contributed by atoms with Gasteiger partial charge < -0.3 is 5.11 Å². The number of carboxylic acid groups (broad SMARTS) is 1. The van der Waals surface area contributed by atoms with Crippen molar-refractivity contribution >= 4 is 47.0 Å². The quantitative estimate of drug-likeness (QED) is 0.286. The van der Waals surface area contributed by atoms with E-state index in [0.717, 1.165) is 17.9 Å². The minimum atomic E-state index is -1.24. The van der Waals surface area contributed by atoms with Gasteiger partial charge in [-0.25, -0.2) is 4.79 Å². The molecule has 1 N–H and O–H groups in total. The molecule has 0 atom stereocenters. The van der Waals surface area contributed by atoms with Gasteiger partial charge in [-0.2, -0.15) is 0 Å². The van der Waals surface area contributed by atoms with Gasteiger partial charge in [0.05, 0.1) is 9.16 Å². The molecule has 0 aromatic heterocycles. The van der Waals surface area contributed by atoms with Crippen molar-refractivity contribution in [2.75, 3.05) is 11.5 Å². The molecule has 1 aromatic rings. The lowest BCUT2D eigenvalue weighted by atomic mass is 10.1. The maximum atomic E-state index is 12.2. The fraction of sp³-hybridized carbons (Fsp3) is 0.200. The minimum absolute atomic E-state index is 0.0446. The molecule has 1 aliphatic rings. The molecule has 0 radical (unpaired) electrons. The SMILES string of the molecule is O=C(O)C(C(=O)/C=C\c1ccc([N+](=O)[O-])cc1)=C1SCCCS1. The lowest BCUT2D eigenvalue weighted by Gasteiger charge is -2.14. The summed E-state index contributed by atoms with van der Waals surface area (Å²) in [5, 5.41) is 19.9. The number of rotatable bonds is 5. The number of nitro groups is 1. The van der Waals surface area contributed by atoms with Crippen LogP contribution in [-0.2, 0) is 9.59 Å². The number of hydrogen-bond donors (Lipinski definition) is 1. The van der Waals surface area contributed by atoms with Crippen molar-refractivity contribution in [2.24, 2.45) is 0 Å². The first-order chi connectivity index (χ1) is 11.0. The van der Waals surface area contributed by atoms with E-state index in [2.05, 4.69) is 0 Å². The number of carbonyl (C=O) groups is 2. The number of carboxylic acids is 1. The Bertz CT molecular complexity index is 686. The number of carbonyl (C=O) groups excluding carboxylic acids is 1. The number of hydrogen-bond acceptors (Lipinski definition) is 6. The van der Waals surface area contributed by atoms with Gasteiger partial charge in [-0.3, -0.25) is 14.9 Å². The normalized spacial score (nSPS) is 14.7. The summed E-state index contributed by atoms with van der Waals surface area (Å²) in [6.45, 7) is 0. The zero-order valence-corrected chi connectivity index (χ0v) is 13.6. The van der Waals surface area contributed by atoms with E-state index in [1.807, 2.05) is 0 Å². The van der Waals surface area contributed by atoms with Gasteiger partial charge in [-0.1, -0.05) is 6.08 Å². The van der Waals surface area contributed by atoms with Gasteiger partial charge in [0.15, 0.2) is 5.78 Å². The summed E-state index contributed by atoms with van der Waals surface area (Å²) in [7, 11) is 0. The van der Waals surface area contributed by atoms with Gasteiger partial charge in [0.1, 0.15) is 5.57 Å². The third-order valence-electron chi connectivity index (χ3n) is 2.95. The number of aliphatic carboxylic acids is 1. The molecule has 6 nitrogen and oxygen atoms in total. The topological polar surface area (TPSA) is 97.5 Å². The molecule has 1 fully saturated rings. The average Bonchev–Trinajstić information content (AvgIpc) is 2.54. The third kappa shape index (κ3) is 4.70. The van der Waals surface area contributed by atoms with Crippen LogP contribution in [0.25, 0.3) is 6.08 Å². The second-order valence-corrected chi connectivity index (χ2v) is 7.03. The second kappa shape index (κ2) is 7.98. The Labute approximate surface area is 140 Å². The Balaban J connectivity index is 2.18. The molecule has 8 heteroatoms. The third-order valence-corrected chi connectivity index (χ3v) is 5.58. The van der Waals surface area contributed by atoms with E-state index in [4.69, 9.17) is 0 Å². The zero-order valence-electron chi connectivity index (χ0n) is 11.9. The minimum Gasteiger partial charge on any atom is -0.477 e. The molecule has 0 unspecified atom stereocenters. The van der Waals surface area contributed by atoms with Gasteiger partial charge in [-0.05, 0) is 41.7 Å². The highest BCUT2D eigenvalue weighted by atomic mass is 32.2. The van der Waals surface area contributed by atoms with Gasteiger partial charge in [0.25, 0.3) is 5.69 Å². The molecule has 1 aromatic carbocycles. The maximum Gasteiger partial charge on any atom is 0.341 e. The summed E-state index contributed by atoms with van der Waals surface area (Å²) in [5.74, 6) is -0.204. The van der Waals surface area contributed by atoms with E-state index in [1.165, 1.54) is 59.9 Å². The van der Waals surface area contributed by atoms with E-state index < -0.39 is 16.7 Å². The smallest absolute Gasteiger partial charge is 0.341 e. The van der Waals surface area contributed by atoms with Crippen molar-refractivity contribution in [3.8, 4) is 0 Å². The number of allylic oxidation sites excluding steroid dienone is 1. The molecular weight excluding hydrogens is 338 g/mol. The molecule has 1 heterocycles. The standard InChI is InChI=1S/C15H13NO5S2/c17-12(13(14(18)19)15-22-8-1-9-23-15)7-4-10-2-5-11(6-3-10)16(20)21/h2-7H,1,8-9H2,(H,18,19)/b7-4-. The molecular formula is C15H13NO5S2. The van der Waals surface area contributed by atoms with Crippen LogP contribution in [0.3, 0.4) is 0 Å². The van der Waals surface area contributed by atoms with Gasteiger partial charge in [0, 0.05) is 12.1 Å². The fourth-order valence-corrected chi connectivity index (χ4v) is 4.46. The van der Waals surface area contributed by atoms with Crippen LogP contribution >= 0.6 is 23.5 Å². The number of nitrogens with zero attached hydrogens (tertiary/aromatic N) is 1. The summed E-state index contributed by atoms with van der Waals surface area (Å²) >= 11 is 2.77. The van der Waals surface area contributed by atoms with E-state index >= 15 is 0 Å². The Hall–Kier alpha value is -2.06. The maximum absolute atomic E-state index is 12.2. The van der Waals surface area contributed by atoms with Crippen molar-refractivity contribution in [1.29, 1.82) is 0 Å². The van der Waals surface area contributed by atoms with Gasteiger partial charge in [-0.15, -0.1) is 23.5 Å². The molecule has 0 aliphatic carbocycles. The van der Waals surface area contributed by atoms with E-state index in [1.54, 1.807) is 0 Å². The second-order valence-electron chi connectivity index (χ2n) is 4.56. The number of thioether (sulfide) groups is 2. The molecule has 2 rings (SSSR count). The monoisotopic (exact) mass is 351 g/mol. The lowest BCUT2D eigenvalue weighted by Crippen LogP contribution is -2.13. The Morgan fingerprint density at radius 3 is 2.30 bits per heavy atom. The van der Waals surface area contributed by atoms with Crippen LogP contribution in [0.4, 0.5) is 5.69 Å². The van der Waals surface area contributed by atoms with Crippen molar-refractivity contribution in [3.05, 3.63) is 55.8 Å². The van der Waals surface area contributed by atoms with Crippen molar-refractivity contribution in [2.45, 2.75) is 6.42 Å². The van der Waals surface area contributed by atoms with Crippen molar-refractivity contribution in [3.63, 3.8) is 0 Å². The van der Waals surface area contributed by atoms with Crippen LogP contribution < -0.4 is 0 Å². The van der Waals surface area contributed by atoms with Gasteiger partial charge >= 0.3 is 5.97 Å². The first-order valence-corrected chi connectivity index (χ1v) is 8.66. The van der Waals surface area contributed by atoms with Crippen LogP contribution in [0.5, 0.6) is 0 Å². The summed E-state index contributed by atoms with van der Waals surface area (Å²) in [4.78, 5) is 33.6. The molecule has 23 heavy (non-hydrogen) atoms. The first-order valence-electron chi connectivity index (χ1n) is 6.69. The number of benzene rings is 1. The van der Waals surface area contributed by atoms with Crippen LogP contribution in [-0.4, -0.2) is 33.3 Å². The molecule has 0 bridgehead atoms. The predicted octanol–water partition coefficient (Wildman–Crippen LogP) is 3.34. The number of ketones is 1. The summed E-state index contributed by atoms with van der Waals surface area (Å²) in [5.41, 5.74) is 0.331. The van der Waals surface area contributed by atoms with Crippen LogP contribution in [0, 0.1) is 10.1 Å². The average molecular weight is 351 g/mol. The van der Waals surface area contributed by atoms with E-state index in [-0.39, 0.29) is 11.3 Å². The summed E-state index contributed by atoms with van der Waals surface area (Å²) in [6, 6.07) is 5.65. The van der Waals surface area contributed by atoms with Crippen molar-refractivity contribution in [1.82, 2.24) is 0 Å². The highest BCUT2D eigenvalue weighted by Gasteiger charge is 2.23. The zero-order chi connectivity index (χ0) is 16.8. The van der Waals surface area contributed by atoms with Gasteiger partial charge in [0.2, 0.25) is 0 Å². The molecule has 0 saturated carbocycles. The molecule has 1 aliphatic heterocycles. The van der Waals surface area contributed by atoms with Crippen molar-refractivity contribution < 1.29 is 19.6 Å². The van der Waals surface area contributed by atoms with Crippen LogP contribution in [0.1, 0.15) is 12.0 Å². The molecule has 0 amide bonds. The highest BCUT2D eigenvalue weighted by Crippen LogP contribution is 2.37. The number of nitro benzene ring substituents is 1. The largest absolute Gasteiger partial charge is 0.477 e. The van der Waals surface area contributed by atoms with Crippen LogP contribution in [0.15, 0.2) is 40.2 Å². The Morgan fingerprint density at radius 2 is 1.78 bits per heavy atom. The predicted molar refractivity (Wildman–Crippen MR) is 91.3 cm³/mol. The highest BCUT2D eigenvalue weighted by molar-refractivity contribution is 8.22. The lowest BCUT2D eigenvalue weighted by molar-refractivity contribution is -0.384. The summed E-state index contributed by atoms with van der Waals surface area (Å²) < 4.78 is 0.544. The molecule has 1 saturated heterocycles. The fourth-order valence-electron chi connectivity index (χ4n) is 1.83. The molecule has 0 spiro atoms. The van der Waals surface area contributed by atoms with Crippen LogP contribution in [0.2, 0.25) is 0 Å².